The van der Waals surface area contributed by atoms with Crippen LogP contribution in [0.2, 0.25) is 0 Å². The van der Waals surface area contributed by atoms with Crippen LogP contribution in [0.15, 0.2) is 23.3 Å². The van der Waals surface area contributed by atoms with Gasteiger partial charge in [-0.05, 0) is 0 Å². The van der Waals surface area contributed by atoms with Gasteiger partial charge in [-0.3, -0.25) is 0 Å². The van der Waals surface area contributed by atoms with E-state index < -0.39 is 5.97 Å². The van der Waals surface area contributed by atoms with Crippen molar-refractivity contribution in [3.63, 3.8) is 0 Å². The molecule has 0 aliphatic carbocycles. The molecule has 1 rings (SSSR count). The highest BCUT2D eigenvalue weighted by atomic mass is 16.5. The standard InChI is InChI=1S/C10H14N2O4/c1-3-4-12(5-6-15-2)10-11-8(7-16-10)9(13)14/h3,7H,1,4-6H2,2H3,(H,13,14). The molecule has 6 nitrogen and oxygen atoms in total. The molecule has 0 fully saturated rings. The highest BCUT2D eigenvalue weighted by Gasteiger charge is 2.15. The molecule has 0 saturated heterocycles. The Kier molecular flexibility index (Phi) is 4.53. The number of nitrogens with zero attached hydrogens (tertiary/aromatic N) is 2. The van der Waals surface area contributed by atoms with Crippen LogP contribution in [0.4, 0.5) is 6.01 Å². The molecule has 0 atom stereocenters. The lowest BCUT2D eigenvalue weighted by atomic mass is 10.5. The van der Waals surface area contributed by atoms with Gasteiger partial charge >= 0.3 is 5.97 Å². The van der Waals surface area contributed by atoms with Crippen molar-refractivity contribution in [1.29, 1.82) is 0 Å². The Hall–Kier alpha value is -1.82. The number of ether oxygens (including phenoxy) is 1. The normalized spacial score (nSPS) is 10.1. The summed E-state index contributed by atoms with van der Waals surface area (Å²) in [6.07, 6.45) is 2.79. The Morgan fingerprint density at radius 2 is 2.56 bits per heavy atom. The Labute approximate surface area is 93.1 Å². The summed E-state index contributed by atoms with van der Waals surface area (Å²) < 4.78 is 10.0. The number of carbonyl (C=O) groups is 1. The minimum atomic E-state index is -1.11. The first kappa shape index (κ1) is 12.3. The molecule has 0 aliphatic heterocycles. The highest BCUT2D eigenvalue weighted by molar-refractivity contribution is 5.85. The third-order valence-electron chi connectivity index (χ3n) is 1.90. The van der Waals surface area contributed by atoms with E-state index in [1.165, 1.54) is 0 Å². The number of methoxy groups -OCH3 is 1. The van der Waals surface area contributed by atoms with Crippen molar-refractivity contribution in [2.45, 2.75) is 0 Å². The van der Waals surface area contributed by atoms with E-state index in [1.807, 2.05) is 0 Å². The molecule has 88 valence electrons. The van der Waals surface area contributed by atoms with Crippen LogP contribution in [0.25, 0.3) is 0 Å². The van der Waals surface area contributed by atoms with Crippen LogP contribution in [0, 0.1) is 0 Å². The topological polar surface area (TPSA) is 75.8 Å². The Morgan fingerprint density at radius 3 is 3.06 bits per heavy atom. The molecule has 1 aromatic heterocycles. The second-order valence-corrected chi connectivity index (χ2v) is 3.05. The lowest BCUT2D eigenvalue weighted by Crippen LogP contribution is -2.27. The molecule has 0 radical (unpaired) electrons. The van der Waals surface area contributed by atoms with E-state index in [0.29, 0.717) is 19.7 Å². The SMILES string of the molecule is C=CCN(CCOC)c1nc(C(=O)O)co1. The van der Waals surface area contributed by atoms with Gasteiger partial charge in [0.2, 0.25) is 0 Å². The fourth-order valence-corrected chi connectivity index (χ4v) is 1.13. The number of aromatic carboxylic acids is 1. The van der Waals surface area contributed by atoms with E-state index in [9.17, 15) is 4.79 Å². The molecule has 0 aliphatic rings. The molecule has 1 heterocycles. The number of carboxylic acids is 1. The predicted molar refractivity (Wildman–Crippen MR) is 57.7 cm³/mol. The molecular weight excluding hydrogens is 212 g/mol. The van der Waals surface area contributed by atoms with E-state index in [-0.39, 0.29) is 11.7 Å². The summed E-state index contributed by atoms with van der Waals surface area (Å²) in [5.41, 5.74) is -0.110. The quantitative estimate of drug-likeness (QED) is 0.699. The number of aromatic nitrogens is 1. The maximum absolute atomic E-state index is 10.6. The van der Waals surface area contributed by atoms with Gasteiger partial charge in [0.05, 0.1) is 6.61 Å². The van der Waals surface area contributed by atoms with E-state index in [0.717, 1.165) is 6.26 Å². The summed E-state index contributed by atoms with van der Waals surface area (Å²) in [4.78, 5) is 16.2. The third kappa shape index (κ3) is 3.09. The van der Waals surface area contributed by atoms with Gasteiger partial charge in [0, 0.05) is 20.2 Å². The first-order chi connectivity index (χ1) is 7.69. The largest absolute Gasteiger partial charge is 0.476 e. The van der Waals surface area contributed by atoms with Crippen LogP contribution >= 0.6 is 0 Å². The van der Waals surface area contributed by atoms with Crippen LogP contribution in [0.5, 0.6) is 0 Å². The first-order valence-electron chi connectivity index (χ1n) is 4.72. The fourth-order valence-electron chi connectivity index (χ4n) is 1.13. The molecule has 0 aromatic carbocycles. The van der Waals surface area contributed by atoms with E-state index in [4.69, 9.17) is 14.3 Å². The van der Waals surface area contributed by atoms with Gasteiger partial charge in [-0.25, -0.2) is 4.79 Å². The Morgan fingerprint density at radius 1 is 1.81 bits per heavy atom. The molecule has 0 saturated carbocycles. The predicted octanol–water partition coefficient (Wildman–Crippen LogP) is 1.01. The summed E-state index contributed by atoms with van der Waals surface area (Å²) in [6.45, 7) is 5.18. The zero-order valence-electron chi connectivity index (χ0n) is 9.05. The van der Waals surface area contributed by atoms with Crippen LogP contribution in [0.1, 0.15) is 10.5 Å². The molecule has 0 spiro atoms. The third-order valence-corrected chi connectivity index (χ3v) is 1.90. The second-order valence-electron chi connectivity index (χ2n) is 3.05. The Bertz CT molecular complexity index is 361. The van der Waals surface area contributed by atoms with Gasteiger partial charge < -0.3 is 19.2 Å². The van der Waals surface area contributed by atoms with Crippen molar-refractivity contribution in [2.75, 3.05) is 31.7 Å². The molecular formula is C10H14N2O4. The number of carboxylic acid groups (broad SMARTS) is 1. The number of oxazole rings is 1. The second kappa shape index (κ2) is 5.92. The summed E-state index contributed by atoms with van der Waals surface area (Å²) in [5, 5.41) is 8.70. The van der Waals surface area contributed by atoms with Crippen molar-refractivity contribution in [3.8, 4) is 0 Å². The van der Waals surface area contributed by atoms with Crippen LogP contribution in [0.3, 0.4) is 0 Å². The molecule has 6 heteroatoms. The van der Waals surface area contributed by atoms with Gasteiger partial charge in [0.1, 0.15) is 6.26 Å². The average molecular weight is 226 g/mol. The monoisotopic (exact) mass is 226 g/mol. The molecule has 16 heavy (non-hydrogen) atoms. The highest BCUT2D eigenvalue weighted by Crippen LogP contribution is 2.13. The maximum Gasteiger partial charge on any atom is 0.357 e. The smallest absolute Gasteiger partial charge is 0.357 e. The lowest BCUT2D eigenvalue weighted by molar-refractivity contribution is 0.0690. The minimum Gasteiger partial charge on any atom is -0.476 e. The lowest BCUT2D eigenvalue weighted by Gasteiger charge is -2.17. The van der Waals surface area contributed by atoms with Crippen LogP contribution in [-0.4, -0.2) is 42.9 Å². The van der Waals surface area contributed by atoms with E-state index in [2.05, 4.69) is 11.6 Å². The van der Waals surface area contributed by atoms with Gasteiger partial charge in [-0.1, -0.05) is 6.08 Å². The van der Waals surface area contributed by atoms with Crippen molar-refractivity contribution in [3.05, 3.63) is 24.6 Å². The number of rotatable bonds is 7. The fraction of sp³-hybridized carbons (Fsp3) is 0.400. The van der Waals surface area contributed by atoms with Crippen molar-refractivity contribution >= 4 is 12.0 Å². The molecule has 0 bridgehead atoms. The van der Waals surface area contributed by atoms with Gasteiger partial charge in [-0.15, -0.1) is 6.58 Å². The minimum absolute atomic E-state index is 0.110. The van der Waals surface area contributed by atoms with Crippen molar-refractivity contribution in [1.82, 2.24) is 4.98 Å². The molecule has 1 aromatic rings. The van der Waals surface area contributed by atoms with E-state index in [1.54, 1.807) is 18.1 Å². The number of hydrogen-bond acceptors (Lipinski definition) is 5. The zero-order valence-corrected chi connectivity index (χ0v) is 9.05. The van der Waals surface area contributed by atoms with Crippen molar-refractivity contribution in [2.24, 2.45) is 0 Å². The van der Waals surface area contributed by atoms with Gasteiger partial charge in [-0.2, -0.15) is 4.98 Å². The first-order valence-corrected chi connectivity index (χ1v) is 4.72. The van der Waals surface area contributed by atoms with Gasteiger partial charge in [0.15, 0.2) is 5.69 Å². The molecule has 1 N–H and O–H groups in total. The summed E-state index contributed by atoms with van der Waals surface area (Å²) in [7, 11) is 1.59. The number of anilines is 1. The Balaban J connectivity index is 2.74. The van der Waals surface area contributed by atoms with E-state index >= 15 is 0 Å². The summed E-state index contributed by atoms with van der Waals surface area (Å²) in [6, 6.07) is 0.259. The maximum atomic E-state index is 10.6. The van der Waals surface area contributed by atoms with Gasteiger partial charge in [0.25, 0.3) is 6.01 Å². The summed E-state index contributed by atoms with van der Waals surface area (Å²) >= 11 is 0. The zero-order chi connectivity index (χ0) is 12.0. The average Bonchev–Trinajstić information content (AvgIpc) is 2.73. The van der Waals surface area contributed by atoms with Crippen LogP contribution < -0.4 is 4.90 Å². The molecule has 0 unspecified atom stereocenters. The van der Waals surface area contributed by atoms with Crippen molar-refractivity contribution < 1.29 is 19.1 Å². The van der Waals surface area contributed by atoms with Crippen LogP contribution in [-0.2, 0) is 4.74 Å². The number of hydrogen-bond donors (Lipinski definition) is 1. The molecule has 0 amide bonds. The summed E-state index contributed by atoms with van der Waals surface area (Å²) in [5.74, 6) is -1.11.